The molecule has 1 aliphatic carbocycles. The van der Waals surface area contributed by atoms with Crippen molar-refractivity contribution in [1.29, 1.82) is 0 Å². The van der Waals surface area contributed by atoms with Crippen LogP contribution < -0.4 is 10.6 Å². The summed E-state index contributed by atoms with van der Waals surface area (Å²) in [7, 11) is -3.44. The Morgan fingerprint density at radius 2 is 1.62 bits per heavy atom. The number of halogens is 3. The molecule has 11 nitrogen and oxygen atoms in total. The Hall–Kier alpha value is -2.81. The maximum absolute atomic E-state index is 14.3. The number of nitrogens with one attached hydrogen (secondary N) is 2. The number of hydrogen-bond acceptors (Lipinski definition) is 7. The predicted molar refractivity (Wildman–Crippen MR) is 182 cm³/mol. The van der Waals surface area contributed by atoms with Crippen LogP contribution in [0.1, 0.15) is 93.9 Å². The van der Waals surface area contributed by atoms with E-state index in [1.54, 1.807) is 20.8 Å². The van der Waals surface area contributed by atoms with Gasteiger partial charge in [-0.1, -0.05) is 61.5 Å². The number of sulfonamides is 1. The number of amides is 3. The fourth-order valence-electron chi connectivity index (χ4n) is 7.28. The van der Waals surface area contributed by atoms with Gasteiger partial charge in [-0.3, -0.25) is 19.2 Å². The third-order valence-electron chi connectivity index (χ3n) is 10.6. The fourth-order valence-corrected chi connectivity index (χ4v) is 8.81. The zero-order chi connectivity index (χ0) is 38.2. The summed E-state index contributed by atoms with van der Waals surface area (Å²) < 4.78 is 66.1. The van der Waals surface area contributed by atoms with Crippen LogP contribution >= 0.6 is 0 Å². The van der Waals surface area contributed by atoms with Crippen LogP contribution in [0.2, 0.25) is 0 Å². The Morgan fingerprint density at radius 1 is 1.00 bits per heavy atom. The summed E-state index contributed by atoms with van der Waals surface area (Å²) in [6.07, 6.45) is -5.46. The van der Waals surface area contributed by atoms with Gasteiger partial charge in [-0.2, -0.15) is 17.5 Å². The van der Waals surface area contributed by atoms with Crippen LogP contribution in [0.15, 0.2) is 12.7 Å². The van der Waals surface area contributed by atoms with Crippen molar-refractivity contribution in [2.75, 3.05) is 25.4 Å². The second-order valence-electron chi connectivity index (χ2n) is 16.9. The average molecular weight is 733 g/mol. The lowest BCUT2D eigenvalue weighted by Crippen LogP contribution is -2.61. The number of Topliss-reactive ketones (excluding diaryl/α,β-unsaturated/α-hetero) is 3. The second kappa shape index (κ2) is 15.0. The van der Waals surface area contributed by atoms with Gasteiger partial charge in [0.2, 0.25) is 21.7 Å². The molecule has 1 saturated carbocycles. The molecule has 0 aromatic rings. The van der Waals surface area contributed by atoms with Crippen LogP contribution in [0.3, 0.4) is 0 Å². The molecule has 2 heterocycles. The number of carbonyl (C=O) groups is 5. The van der Waals surface area contributed by atoms with Crippen molar-refractivity contribution >= 4 is 39.3 Å². The van der Waals surface area contributed by atoms with Gasteiger partial charge in [0.25, 0.3) is 0 Å². The number of hydrogen-bond donors (Lipinski definition) is 2. The summed E-state index contributed by atoms with van der Waals surface area (Å²) >= 11 is 0. The van der Waals surface area contributed by atoms with E-state index < -0.39 is 99.6 Å². The standard InChI is InChI=1S/C35H55F3N4O7S/c1-10-11-13-23(43)28(45)21(14-15-35(36,37)38)18-24(44)27-26-22(34(26,8)9)19-42(27)30(46)29(33(5,6)7)40-31(47)39-25(32(2,3)4)20-41-16-12-17-50(41,48)49/h10,21-22,25-27,29H,1,11-20H2,2-9H3,(H2,39,40,47)/t21?,22-,25+,26-,27+,29+/m0/s1. The smallest absolute Gasteiger partial charge is 0.334 e. The monoisotopic (exact) mass is 732 g/mol. The van der Waals surface area contributed by atoms with Gasteiger partial charge in [-0.15, -0.1) is 6.58 Å². The molecule has 0 aromatic heterocycles. The summed E-state index contributed by atoms with van der Waals surface area (Å²) in [6, 6.07) is -3.50. The van der Waals surface area contributed by atoms with Crippen LogP contribution in [-0.2, 0) is 29.2 Å². The van der Waals surface area contributed by atoms with Crippen LogP contribution in [0, 0.1) is 34.0 Å². The molecule has 3 fully saturated rings. The molecule has 3 aliphatic rings. The Balaban J connectivity index is 1.85. The van der Waals surface area contributed by atoms with Crippen molar-refractivity contribution in [3.63, 3.8) is 0 Å². The summed E-state index contributed by atoms with van der Waals surface area (Å²) in [5.41, 5.74) is -1.76. The molecule has 6 atom stereocenters. The van der Waals surface area contributed by atoms with Crippen molar-refractivity contribution in [1.82, 2.24) is 19.8 Å². The number of nitrogens with zero attached hydrogens (tertiary/aromatic N) is 2. The second-order valence-corrected chi connectivity index (χ2v) is 19.0. The first-order valence-corrected chi connectivity index (χ1v) is 19.0. The van der Waals surface area contributed by atoms with Crippen molar-refractivity contribution in [3.8, 4) is 0 Å². The van der Waals surface area contributed by atoms with E-state index in [1.807, 2.05) is 34.6 Å². The van der Waals surface area contributed by atoms with Gasteiger partial charge in [-0.25, -0.2) is 13.2 Å². The van der Waals surface area contributed by atoms with E-state index in [2.05, 4.69) is 17.2 Å². The zero-order valence-corrected chi connectivity index (χ0v) is 31.4. The number of piperidine rings is 1. The number of carbonyl (C=O) groups excluding carboxylic acids is 5. The number of likely N-dealkylation sites (tertiary alicyclic amines) is 1. The van der Waals surface area contributed by atoms with Gasteiger partial charge >= 0.3 is 12.2 Å². The van der Waals surface area contributed by atoms with Crippen LogP contribution in [0.25, 0.3) is 0 Å². The number of rotatable bonds is 15. The average Bonchev–Trinajstić information content (AvgIpc) is 3.27. The number of allylic oxidation sites excluding steroid dienone is 1. The topological polar surface area (TPSA) is 150 Å². The normalized spacial score (nSPS) is 24.9. The van der Waals surface area contributed by atoms with Crippen LogP contribution in [0.5, 0.6) is 0 Å². The Bertz CT molecular complexity index is 1450. The highest BCUT2D eigenvalue weighted by molar-refractivity contribution is 7.89. The zero-order valence-electron chi connectivity index (χ0n) is 30.6. The lowest BCUT2D eigenvalue weighted by molar-refractivity contribution is -0.148. The van der Waals surface area contributed by atoms with Crippen molar-refractivity contribution in [2.45, 2.75) is 118 Å². The SMILES string of the molecule is C=CCCC(=O)C(=O)C(CCC(F)(F)F)CC(=O)[C@@H]1[C@@H]2[C@H](CN1C(=O)[C@@H](NC(=O)N[C@H](CN1CCCS1(=O)=O)C(C)(C)C)C(C)(C)C)C2(C)C. The van der Waals surface area contributed by atoms with E-state index in [0.717, 1.165) is 0 Å². The van der Waals surface area contributed by atoms with E-state index in [4.69, 9.17) is 0 Å². The molecule has 2 saturated heterocycles. The van der Waals surface area contributed by atoms with E-state index in [0.29, 0.717) is 13.0 Å². The lowest BCUT2D eigenvalue weighted by atomic mass is 9.83. The van der Waals surface area contributed by atoms with Crippen molar-refractivity contribution in [3.05, 3.63) is 12.7 Å². The molecular formula is C35H55F3N4O7S. The molecule has 0 bridgehead atoms. The van der Waals surface area contributed by atoms with Crippen LogP contribution in [-0.4, -0.2) is 96.6 Å². The molecule has 15 heteroatoms. The molecular weight excluding hydrogens is 677 g/mol. The van der Waals surface area contributed by atoms with Gasteiger partial charge in [-0.05, 0) is 47.3 Å². The minimum Gasteiger partial charge on any atom is -0.334 e. The first-order valence-electron chi connectivity index (χ1n) is 17.3. The Morgan fingerprint density at radius 3 is 2.12 bits per heavy atom. The number of fused-ring (bicyclic) bond motifs is 1. The Labute approximate surface area is 294 Å². The third-order valence-corrected chi connectivity index (χ3v) is 12.5. The molecule has 50 heavy (non-hydrogen) atoms. The molecule has 0 aromatic carbocycles. The van der Waals surface area contributed by atoms with Crippen LogP contribution in [0.4, 0.5) is 18.0 Å². The van der Waals surface area contributed by atoms with Gasteiger partial charge < -0.3 is 15.5 Å². The molecule has 3 amide bonds. The highest BCUT2D eigenvalue weighted by Crippen LogP contribution is 2.65. The van der Waals surface area contributed by atoms with Gasteiger partial charge in [0.05, 0.1) is 11.8 Å². The molecule has 1 unspecified atom stereocenters. The number of ketones is 3. The van der Waals surface area contributed by atoms with Gasteiger partial charge in [0.1, 0.15) is 6.04 Å². The van der Waals surface area contributed by atoms with E-state index >= 15 is 0 Å². The lowest BCUT2D eigenvalue weighted by Gasteiger charge is -2.39. The first-order chi connectivity index (χ1) is 22.7. The summed E-state index contributed by atoms with van der Waals surface area (Å²) in [5.74, 6) is -4.89. The Kier molecular flexibility index (Phi) is 12.5. The van der Waals surface area contributed by atoms with E-state index in [9.17, 15) is 45.6 Å². The highest BCUT2D eigenvalue weighted by Gasteiger charge is 2.69. The molecule has 3 rings (SSSR count). The van der Waals surface area contributed by atoms with Crippen molar-refractivity contribution in [2.24, 2.45) is 34.0 Å². The maximum Gasteiger partial charge on any atom is 0.389 e. The van der Waals surface area contributed by atoms with E-state index in [1.165, 1.54) is 15.3 Å². The van der Waals surface area contributed by atoms with Gasteiger partial charge in [0.15, 0.2) is 11.6 Å². The van der Waals surface area contributed by atoms with E-state index in [-0.39, 0.29) is 48.9 Å². The van der Waals surface area contributed by atoms with Gasteiger partial charge in [0, 0.05) is 50.9 Å². The number of alkyl halides is 3. The minimum atomic E-state index is -4.61. The fraction of sp³-hybridized carbons (Fsp3) is 0.800. The first kappa shape index (κ1) is 41.6. The highest BCUT2D eigenvalue weighted by atomic mass is 32.2. The third kappa shape index (κ3) is 9.95. The summed E-state index contributed by atoms with van der Waals surface area (Å²) in [4.78, 5) is 68.8. The molecule has 0 radical (unpaired) electrons. The summed E-state index contributed by atoms with van der Waals surface area (Å²) in [5, 5.41) is 5.63. The maximum atomic E-state index is 14.3. The number of urea groups is 1. The quantitative estimate of drug-likeness (QED) is 0.184. The molecule has 0 spiro atoms. The molecule has 284 valence electrons. The molecule has 2 aliphatic heterocycles. The largest absolute Gasteiger partial charge is 0.389 e. The minimum absolute atomic E-state index is 0.0357. The predicted octanol–water partition coefficient (Wildman–Crippen LogP) is 4.66. The van der Waals surface area contributed by atoms with Crippen molar-refractivity contribution < 1.29 is 45.6 Å². The summed E-state index contributed by atoms with van der Waals surface area (Å²) in [6.45, 7) is 18.8. The molecule has 2 N–H and O–H groups in total.